The molecule has 7 nitrogen and oxygen atoms in total. The van der Waals surface area contributed by atoms with Crippen LogP contribution in [0, 0.1) is 10.1 Å². The monoisotopic (exact) mass is 336 g/mol. The van der Waals surface area contributed by atoms with Crippen molar-refractivity contribution in [1.29, 1.82) is 0 Å². The van der Waals surface area contributed by atoms with Gasteiger partial charge >= 0.3 is 0 Å². The third-order valence-electron chi connectivity index (χ3n) is 3.79. The van der Waals surface area contributed by atoms with Gasteiger partial charge in [-0.2, -0.15) is 0 Å². The number of methoxy groups -OCH3 is 1. The molecule has 0 atom stereocenters. The van der Waals surface area contributed by atoms with Crippen LogP contribution in [0.5, 0.6) is 0 Å². The Hall–Kier alpha value is -2.15. The number of unbranched alkanes of at least 4 members (excludes halogenated alkanes) is 1. The van der Waals surface area contributed by atoms with E-state index >= 15 is 0 Å². The van der Waals surface area contributed by atoms with Crippen LogP contribution in [0.15, 0.2) is 29.3 Å². The maximum absolute atomic E-state index is 10.6. The molecule has 24 heavy (non-hydrogen) atoms. The number of non-ortho nitro benzene ring substituents is 1. The number of nitro benzene ring substituents is 1. The first-order chi connectivity index (χ1) is 11.4. The molecule has 0 aliphatic rings. The van der Waals surface area contributed by atoms with Gasteiger partial charge in [0.2, 0.25) is 0 Å². The Bertz CT molecular complexity index is 541. The fourth-order valence-corrected chi connectivity index (χ4v) is 2.03. The first-order valence-corrected chi connectivity index (χ1v) is 8.11. The molecule has 1 rings (SSSR count). The molecular formula is C17H28N4O3. The summed E-state index contributed by atoms with van der Waals surface area (Å²) in [5.74, 6) is 0.760. The van der Waals surface area contributed by atoms with Crippen molar-refractivity contribution < 1.29 is 9.66 Å². The molecular weight excluding hydrogens is 308 g/mol. The average molecular weight is 336 g/mol. The van der Waals surface area contributed by atoms with E-state index in [2.05, 4.69) is 15.6 Å². The Morgan fingerprint density at radius 3 is 2.46 bits per heavy atom. The van der Waals surface area contributed by atoms with Gasteiger partial charge in [0.1, 0.15) is 0 Å². The minimum atomic E-state index is -0.378. The van der Waals surface area contributed by atoms with Gasteiger partial charge in [0, 0.05) is 39.4 Å². The van der Waals surface area contributed by atoms with Crippen LogP contribution in [0.4, 0.5) is 5.69 Å². The molecule has 0 bridgehead atoms. The number of hydrogen-bond donors (Lipinski definition) is 2. The highest BCUT2D eigenvalue weighted by atomic mass is 16.6. The van der Waals surface area contributed by atoms with E-state index < -0.39 is 0 Å². The quantitative estimate of drug-likeness (QED) is 0.238. The number of guanidine groups is 1. The lowest BCUT2D eigenvalue weighted by Gasteiger charge is -2.24. The van der Waals surface area contributed by atoms with Gasteiger partial charge in [-0.1, -0.05) is 12.1 Å². The summed E-state index contributed by atoms with van der Waals surface area (Å²) in [6.45, 7) is 5.51. The van der Waals surface area contributed by atoms with Crippen molar-refractivity contribution in [1.82, 2.24) is 10.6 Å². The summed E-state index contributed by atoms with van der Waals surface area (Å²) < 4.78 is 5.36. The molecule has 0 radical (unpaired) electrons. The molecule has 7 heteroatoms. The third-order valence-corrected chi connectivity index (χ3v) is 3.79. The van der Waals surface area contributed by atoms with Crippen LogP contribution >= 0.6 is 0 Å². The molecule has 2 N–H and O–H groups in total. The summed E-state index contributed by atoms with van der Waals surface area (Å²) in [5, 5.41) is 17.1. The van der Waals surface area contributed by atoms with Gasteiger partial charge in [0.15, 0.2) is 5.96 Å². The number of nitrogens with zero attached hydrogens (tertiary/aromatic N) is 2. The normalized spacial score (nSPS) is 12.1. The van der Waals surface area contributed by atoms with E-state index in [9.17, 15) is 10.1 Å². The standard InChI is InChI=1S/C17H28N4O3/c1-17(2,24-4)13-20-16(18-3)19-12-6-5-7-14-8-10-15(11-9-14)21(22)23/h8-11H,5-7,12-13H2,1-4H3,(H2,18,19,20). The van der Waals surface area contributed by atoms with Gasteiger partial charge in [-0.25, -0.2) is 0 Å². The first kappa shape index (κ1) is 19.9. The molecule has 0 aliphatic carbocycles. The number of hydrogen-bond acceptors (Lipinski definition) is 4. The zero-order chi connectivity index (χ0) is 18.0. The minimum Gasteiger partial charge on any atom is -0.377 e. The van der Waals surface area contributed by atoms with Gasteiger partial charge < -0.3 is 15.4 Å². The zero-order valence-corrected chi connectivity index (χ0v) is 15.0. The number of benzene rings is 1. The second-order valence-electron chi connectivity index (χ2n) is 6.20. The van der Waals surface area contributed by atoms with Gasteiger partial charge in [0.05, 0.1) is 10.5 Å². The number of nitro groups is 1. The van der Waals surface area contributed by atoms with Crippen molar-refractivity contribution in [2.75, 3.05) is 27.2 Å². The molecule has 0 fully saturated rings. The van der Waals surface area contributed by atoms with Gasteiger partial charge in [-0.15, -0.1) is 0 Å². The molecule has 1 aromatic rings. The lowest BCUT2D eigenvalue weighted by atomic mass is 10.1. The highest BCUT2D eigenvalue weighted by Gasteiger charge is 2.16. The molecule has 1 aromatic carbocycles. The largest absolute Gasteiger partial charge is 0.377 e. The SMILES string of the molecule is CN=C(NCCCCc1ccc([N+](=O)[O-])cc1)NCC(C)(C)OC. The van der Waals surface area contributed by atoms with E-state index in [0.29, 0.717) is 6.54 Å². The summed E-state index contributed by atoms with van der Waals surface area (Å²) in [4.78, 5) is 14.4. The lowest BCUT2D eigenvalue weighted by molar-refractivity contribution is -0.384. The molecule has 0 saturated carbocycles. The smallest absolute Gasteiger partial charge is 0.269 e. The number of aryl methyl sites for hydroxylation is 1. The predicted octanol–water partition coefficient (Wildman–Crippen LogP) is 2.51. The second kappa shape index (κ2) is 9.87. The minimum absolute atomic E-state index is 0.134. The Labute approximate surface area is 143 Å². The summed E-state index contributed by atoms with van der Waals surface area (Å²) in [6.07, 6.45) is 2.90. The van der Waals surface area contributed by atoms with Crippen LogP contribution in [0.1, 0.15) is 32.3 Å². The second-order valence-corrected chi connectivity index (χ2v) is 6.20. The van der Waals surface area contributed by atoms with E-state index in [-0.39, 0.29) is 16.2 Å². The van der Waals surface area contributed by atoms with Crippen LogP contribution < -0.4 is 10.6 Å². The predicted molar refractivity (Wildman–Crippen MR) is 96.5 cm³/mol. The van der Waals surface area contributed by atoms with Gasteiger partial charge in [0.25, 0.3) is 5.69 Å². The van der Waals surface area contributed by atoms with Gasteiger partial charge in [-0.3, -0.25) is 15.1 Å². The Balaban J connectivity index is 2.23. The average Bonchev–Trinajstić information content (AvgIpc) is 2.57. The van der Waals surface area contributed by atoms with Crippen LogP contribution in [0.2, 0.25) is 0 Å². The zero-order valence-electron chi connectivity index (χ0n) is 15.0. The van der Waals surface area contributed by atoms with Gasteiger partial charge in [-0.05, 0) is 38.7 Å². The maximum Gasteiger partial charge on any atom is 0.269 e. The summed E-state index contributed by atoms with van der Waals surface area (Å²) >= 11 is 0. The van der Waals surface area contributed by atoms with Crippen molar-refractivity contribution in [2.24, 2.45) is 4.99 Å². The first-order valence-electron chi connectivity index (χ1n) is 8.11. The van der Waals surface area contributed by atoms with Crippen LogP contribution in [0.3, 0.4) is 0 Å². The molecule has 0 heterocycles. The Kier molecular flexibility index (Phi) is 8.18. The highest BCUT2D eigenvalue weighted by molar-refractivity contribution is 5.79. The topological polar surface area (TPSA) is 88.8 Å². The van der Waals surface area contributed by atoms with E-state index in [1.54, 1.807) is 26.3 Å². The molecule has 134 valence electrons. The van der Waals surface area contributed by atoms with E-state index in [0.717, 1.165) is 37.3 Å². The summed E-state index contributed by atoms with van der Waals surface area (Å²) in [7, 11) is 3.43. The Morgan fingerprint density at radius 1 is 1.25 bits per heavy atom. The molecule has 0 aliphatic heterocycles. The fourth-order valence-electron chi connectivity index (χ4n) is 2.03. The maximum atomic E-state index is 10.6. The van der Waals surface area contributed by atoms with E-state index in [1.807, 2.05) is 26.0 Å². The van der Waals surface area contributed by atoms with Crippen molar-refractivity contribution in [2.45, 2.75) is 38.7 Å². The fraction of sp³-hybridized carbons (Fsp3) is 0.588. The Morgan fingerprint density at radius 2 is 1.92 bits per heavy atom. The molecule has 0 amide bonds. The lowest BCUT2D eigenvalue weighted by Crippen LogP contribution is -2.45. The van der Waals surface area contributed by atoms with Crippen LogP contribution in [-0.2, 0) is 11.2 Å². The molecule has 0 saturated heterocycles. The van der Waals surface area contributed by atoms with Crippen molar-refractivity contribution in [3.05, 3.63) is 39.9 Å². The van der Waals surface area contributed by atoms with Crippen molar-refractivity contribution >= 4 is 11.6 Å². The van der Waals surface area contributed by atoms with E-state index in [1.165, 1.54) is 0 Å². The molecule has 0 unspecified atom stereocenters. The third kappa shape index (κ3) is 7.41. The number of rotatable bonds is 9. The summed E-state index contributed by atoms with van der Waals surface area (Å²) in [6, 6.07) is 6.74. The number of aliphatic imine (C=N–C) groups is 1. The van der Waals surface area contributed by atoms with Crippen molar-refractivity contribution in [3.8, 4) is 0 Å². The molecule has 0 aromatic heterocycles. The van der Waals surface area contributed by atoms with Crippen LogP contribution in [-0.4, -0.2) is 43.7 Å². The van der Waals surface area contributed by atoms with Crippen molar-refractivity contribution in [3.63, 3.8) is 0 Å². The van der Waals surface area contributed by atoms with E-state index in [4.69, 9.17) is 4.74 Å². The summed E-state index contributed by atoms with van der Waals surface area (Å²) in [5.41, 5.74) is 1.01. The van der Waals surface area contributed by atoms with Crippen LogP contribution in [0.25, 0.3) is 0 Å². The number of ether oxygens (including phenoxy) is 1. The molecule has 0 spiro atoms. The number of nitrogens with one attached hydrogen (secondary N) is 2. The highest BCUT2D eigenvalue weighted by Crippen LogP contribution is 2.13.